The molecule has 1 N–H and O–H groups in total. The van der Waals surface area contributed by atoms with Crippen molar-refractivity contribution >= 4 is 45.7 Å². The predicted octanol–water partition coefficient (Wildman–Crippen LogP) is 7.11. The normalized spacial score (nSPS) is 18.5. The number of carbonyl (C=O) groups is 2. The minimum absolute atomic E-state index is 0.00810. The number of Topliss-reactive ketones (excluding diaryl/α,β-unsaturated/α-hetero) is 1. The number of aromatic nitrogens is 2. The number of nitrogens with zero attached hydrogens (tertiary/aromatic N) is 3. The maximum absolute atomic E-state index is 14.2. The van der Waals surface area contributed by atoms with Crippen molar-refractivity contribution in [3.05, 3.63) is 94.3 Å². The van der Waals surface area contributed by atoms with Crippen LogP contribution in [0, 0.1) is 5.82 Å². The van der Waals surface area contributed by atoms with Crippen LogP contribution in [-0.2, 0) is 21.8 Å². The fourth-order valence-corrected chi connectivity index (χ4v) is 7.33. The minimum Gasteiger partial charge on any atom is -0.507 e. The summed E-state index contributed by atoms with van der Waals surface area (Å²) in [7, 11) is 0. The second-order valence-corrected chi connectivity index (χ2v) is 13.0. The van der Waals surface area contributed by atoms with Gasteiger partial charge in [-0.25, -0.2) is 4.39 Å². The van der Waals surface area contributed by atoms with E-state index in [1.165, 1.54) is 22.7 Å². The van der Waals surface area contributed by atoms with Gasteiger partial charge in [0.2, 0.25) is 5.13 Å². The zero-order valence-electron chi connectivity index (χ0n) is 25.5. The number of halogens is 1. The third-order valence-electron chi connectivity index (χ3n) is 7.57. The first-order valence-electron chi connectivity index (χ1n) is 15.0. The number of rotatable bonds is 11. The number of aliphatic hydroxyl groups is 1. The summed E-state index contributed by atoms with van der Waals surface area (Å²) in [5.41, 5.74) is 2.23. The molecule has 0 aliphatic carbocycles. The molecular weight excluding hydrogens is 630 g/mol. The number of aliphatic hydroxyl groups excluding tert-OH is 1. The summed E-state index contributed by atoms with van der Waals surface area (Å²) in [6, 6.07) is 15.9. The summed E-state index contributed by atoms with van der Waals surface area (Å²) in [5.74, 6) is -0.337. The number of amides is 1. The predicted molar refractivity (Wildman–Crippen MR) is 174 cm³/mol. The van der Waals surface area contributed by atoms with E-state index < -0.39 is 17.7 Å². The van der Waals surface area contributed by atoms with E-state index in [-0.39, 0.29) is 28.4 Å². The molecule has 2 aliphatic heterocycles. The Labute approximate surface area is 274 Å². The summed E-state index contributed by atoms with van der Waals surface area (Å²) in [5, 5.41) is 20.4. The smallest absolute Gasteiger partial charge is 0.301 e. The molecule has 0 spiro atoms. The highest BCUT2D eigenvalue weighted by atomic mass is 32.2. The van der Waals surface area contributed by atoms with Crippen LogP contribution >= 0.6 is 23.1 Å². The molecule has 1 saturated heterocycles. The van der Waals surface area contributed by atoms with Gasteiger partial charge in [0.1, 0.15) is 23.4 Å². The number of anilines is 1. The molecule has 4 aromatic rings. The topological polar surface area (TPSA) is 111 Å². The Kier molecular flexibility index (Phi) is 9.27. The number of ether oxygens (including phenoxy) is 3. The fourth-order valence-electron chi connectivity index (χ4n) is 5.48. The van der Waals surface area contributed by atoms with E-state index in [0.29, 0.717) is 57.9 Å². The van der Waals surface area contributed by atoms with Crippen LogP contribution in [0.2, 0.25) is 0 Å². The molecule has 1 fully saturated rings. The van der Waals surface area contributed by atoms with Crippen molar-refractivity contribution in [1.82, 2.24) is 10.2 Å². The van der Waals surface area contributed by atoms with Gasteiger partial charge in [-0.15, -0.1) is 10.2 Å². The highest BCUT2D eigenvalue weighted by molar-refractivity contribution is 8.00. The van der Waals surface area contributed by atoms with Crippen LogP contribution in [0.3, 0.4) is 0 Å². The zero-order valence-corrected chi connectivity index (χ0v) is 27.1. The molecule has 0 bridgehead atoms. The van der Waals surface area contributed by atoms with Crippen molar-refractivity contribution in [3.8, 4) is 17.2 Å². The molecule has 12 heteroatoms. The molecule has 46 heavy (non-hydrogen) atoms. The summed E-state index contributed by atoms with van der Waals surface area (Å²) in [4.78, 5) is 28.8. The number of carbonyl (C=O) groups excluding carboxylic acids is 2. The molecule has 2 aliphatic rings. The van der Waals surface area contributed by atoms with Crippen molar-refractivity contribution in [2.45, 2.75) is 55.9 Å². The molecule has 1 aromatic heterocycles. The van der Waals surface area contributed by atoms with E-state index >= 15 is 0 Å². The van der Waals surface area contributed by atoms with Crippen LogP contribution in [0.5, 0.6) is 17.2 Å². The van der Waals surface area contributed by atoms with Crippen molar-refractivity contribution in [2.24, 2.45) is 0 Å². The van der Waals surface area contributed by atoms with Crippen molar-refractivity contribution in [3.63, 3.8) is 0 Å². The van der Waals surface area contributed by atoms with Crippen LogP contribution in [0.1, 0.15) is 55.5 Å². The highest BCUT2D eigenvalue weighted by Gasteiger charge is 2.48. The van der Waals surface area contributed by atoms with Gasteiger partial charge < -0.3 is 19.3 Å². The third-order valence-corrected chi connectivity index (χ3v) is 9.67. The lowest BCUT2D eigenvalue weighted by molar-refractivity contribution is -0.132. The second-order valence-electron chi connectivity index (χ2n) is 10.8. The molecule has 1 amide bonds. The van der Waals surface area contributed by atoms with Crippen LogP contribution in [0.25, 0.3) is 5.76 Å². The Morgan fingerprint density at radius 2 is 1.91 bits per heavy atom. The van der Waals surface area contributed by atoms with E-state index in [9.17, 15) is 19.1 Å². The van der Waals surface area contributed by atoms with Crippen LogP contribution in [0.4, 0.5) is 9.52 Å². The number of fused-ring (bicyclic) bond motifs is 1. The lowest BCUT2D eigenvalue weighted by Crippen LogP contribution is -2.29. The van der Waals surface area contributed by atoms with E-state index in [4.69, 9.17) is 14.2 Å². The van der Waals surface area contributed by atoms with Gasteiger partial charge in [0.05, 0.1) is 24.8 Å². The Hall–Kier alpha value is -4.42. The van der Waals surface area contributed by atoms with Gasteiger partial charge in [-0.3, -0.25) is 14.5 Å². The summed E-state index contributed by atoms with van der Waals surface area (Å²) < 4.78 is 32.3. The Morgan fingerprint density at radius 1 is 1.09 bits per heavy atom. The van der Waals surface area contributed by atoms with E-state index in [1.807, 2.05) is 20.8 Å². The first kappa shape index (κ1) is 31.6. The number of ketones is 1. The van der Waals surface area contributed by atoms with Crippen LogP contribution < -0.4 is 19.1 Å². The Morgan fingerprint density at radius 3 is 2.70 bits per heavy atom. The SMILES string of the molecule is CCCOc1ccc(C2C(=C(O)c3ccc4c(c3)CC(C)O4)C(=O)C(=O)N2c2nnc(SCc3ccccc3F)s2)cc1OCC. The van der Waals surface area contributed by atoms with Crippen molar-refractivity contribution < 1.29 is 33.3 Å². The van der Waals surface area contributed by atoms with E-state index in [0.717, 1.165) is 29.1 Å². The maximum Gasteiger partial charge on any atom is 0.301 e. The van der Waals surface area contributed by atoms with E-state index in [2.05, 4.69) is 10.2 Å². The average molecular weight is 662 g/mol. The number of thioether (sulfide) groups is 1. The molecule has 3 heterocycles. The van der Waals surface area contributed by atoms with Gasteiger partial charge >= 0.3 is 5.91 Å². The van der Waals surface area contributed by atoms with Gasteiger partial charge in [-0.05, 0) is 73.4 Å². The van der Waals surface area contributed by atoms with Crippen LogP contribution in [0.15, 0.2) is 70.6 Å². The first-order valence-corrected chi connectivity index (χ1v) is 16.8. The Bertz CT molecular complexity index is 1830. The standard InChI is InChI=1S/C34H32FN3O6S2/c1-4-14-43-26-13-10-20(17-27(26)42-5-2)29-28(30(39)21-11-12-25-23(16-21)15-19(3)44-25)31(40)32(41)38(29)33-36-37-34(46-33)45-18-22-8-6-7-9-24(22)35/h6-13,16-17,19,29,39H,4-5,14-15,18H2,1-3H3. The second kappa shape index (κ2) is 13.5. The number of hydrogen-bond donors (Lipinski definition) is 1. The van der Waals surface area contributed by atoms with Gasteiger partial charge in [0, 0.05) is 17.7 Å². The lowest BCUT2D eigenvalue weighted by atomic mass is 9.94. The molecule has 238 valence electrons. The molecule has 9 nitrogen and oxygen atoms in total. The summed E-state index contributed by atoms with van der Waals surface area (Å²) in [6.07, 6.45) is 1.45. The van der Waals surface area contributed by atoms with Gasteiger partial charge in [0.25, 0.3) is 5.78 Å². The first-order chi connectivity index (χ1) is 22.3. The summed E-state index contributed by atoms with van der Waals surface area (Å²) in [6.45, 7) is 6.65. The molecule has 0 radical (unpaired) electrons. The van der Waals surface area contributed by atoms with Crippen molar-refractivity contribution in [1.29, 1.82) is 0 Å². The average Bonchev–Trinajstić information content (AvgIpc) is 3.74. The maximum atomic E-state index is 14.2. The zero-order chi connectivity index (χ0) is 32.4. The highest BCUT2D eigenvalue weighted by Crippen LogP contribution is 2.46. The third kappa shape index (κ3) is 6.19. The fraction of sp³-hybridized carbons (Fsp3) is 0.294. The molecular formula is C34H32FN3O6S2. The van der Waals surface area contributed by atoms with Gasteiger partial charge in [-0.2, -0.15) is 0 Å². The van der Waals surface area contributed by atoms with Crippen molar-refractivity contribution in [2.75, 3.05) is 18.1 Å². The van der Waals surface area contributed by atoms with Gasteiger partial charge in [0.15, 0.2) is 15.8 Å². The number of benzene rings is 3. The largest absolute Gasteiger partial charge is 0.507 e. The summed E-state index contributed by atoms with van der Waals surface area (Å²) >= 11 is 2.38. The minimum atomic E-state index is -1.04. The monoisotopic (exact) mass is 661 g/mol. The molecule has 6 rings (SSSR count). The van der Waals surface area contributed by atoms with Crippen LogP contribution in [-0.4, -0.2) is 46.3 Å². The quantitative estimate of drug-likeness (QED) is 0.0591. The molecule has 2 unspecified atom stereocenters. The van der Waals surface area contributed by atoms with E-state index in [1.54, 1.807) is 54.6 Å². The Balaban J connectivity index is 1.43. The van der Waals surface area contributed by atoms with Gasteiger partial charge in [-0.1, -0.05) is 54.3 Å². The lowest BCUT2D eigenvalue weighted by Gasteiger charge is -2.23. The number of hydrogen-bond acceptors (Lipinski definition) is 10. The molecule has 3 aromatic carbocycles. The molecule has 0 saturated carbocycles. The molecule has 2 atom stereocenters.